The fourth-order valence-electron chi connectivity index (χ4n) is 4.82. The molecule has 3 aromatic rings. The standard InChI is InChI=1S/C24H27N5O/c30-24(20-6-8-21(9-7-20)29-15-12-25-17-29)28-13-10-19(11-14-28)23-22(16-26-27-23)18-4-2-1-3-5-18/h1-9,12,15,17,19,22-23,26-27H,10-11,13-14,16H2. The summed E-state index contributed by atoms with van der Waals surface area (Å²) in [7, 11) is 0. The summed E-state index contributed by atoms with van der Waals surface area (Å²) < 4.78 is 1.94. The maximum absolute atomic E-state index is 13.0. The number of piperidine rings is 1. The number of hydrogen-bond donors (Lipinski definition) is 2. The van der Waals surface area contributed by atoms with Gasteiger partial charge in [0.15, 0.2) is 0 Å². The molecule has 0 radical (unpaired) electrons. The summed E-state index contributed by atoms with van der Waals surface area (Å²) in [4.78, 5) is 19.1. The van der Waals surface area contributed by atoms with Gasteiger partial charge in [0.2, 0.25) is 0 Å². The predicted octanol–water partition coefficient (Wildman–Crippen LogP) is 2.98. The first-order valence-electron chi connectivity index (χ1n) is 10.7. The van der Waals surface area contributed by atoms with Crippen molar-refractivity contribution in [3.8, 4) is 5.69 Å². The van der Waals surface area contributed by atoms with E-state index in [9.17, 15) is 4.79 Å². The molecular formula is C24H27N5O. The second kappa shape index (κ2) is 8.42. The number of amides is 1. The number of hydrazine groups is 1. The maximum atomic E-state index is 13.0. The highest BCUT2D eigenvalue weighted by Gasteiger charge is 2.36. The molecule has 2 aliphatic rings. The number of hydrogen-bond acceptors (Lipinski definition) is 4. The first-order chi connectivity index (χ1) is 14.8. The quantitative estimate of drug-likeness (QED) is 0.706. The van der Waals surface area contributed by atoms with Crippen LogP contribution in [0.5, 0.6) is 0 Å². The summed E-state index contributed by atoms with van der Waals surface area (Å²) in [6.07, 6.45) is 7.47. The Morgan fingerprint density at radius 1 is 1.00 bits per heavy atom. The summed E-state index contributed by atoms with van der Waals surface area (Å²) in [5, 5.41) is 0. The van der Waals surface area contributed by atoms with Crippen molar-refractivity contribution in [2.24, 2.45) is 5.92 Å². The smallest absolute Gasteiger partial charge is 0.253 e. The summed E-state index contributed by atoms with van der Waals surface area (Å²) in [6, 6.07) is 18.9. The number of carbonyl (C=O) groups is 1. The average Bonchev–Trinajstić information content (AvgIpc) is 3.52. The van der Waals surface area contributed by atoms with Gasteiger partial charge in [-0.15, -0.1) is 0 Å². The summed E-state index contributed by atoms with van der Waals surface area (Å²) in [5.41, 5.74) is 10.0. The predicted molar refractivity (Wildman–Crippen MR) is 116 cm³/mol. The molecule has 5 rings (SSSR count). The van der Waals surface area contributed by atoms with Gasteiger partial charge in [-0.3, -0.25) is 15.6 Å². The molecule has 2 N–H and O–H groups in total. The number of aromatic nitrogens is 2. The van der Waals surface area contributed by atoms with E-state index in [1.54, 1.807) is 12.5 Å². The fourth-order valence-corrected chi connectivity index (χ4v) is 4.82. The van der Waals surface area contributed by atoms with Crippen LogP contribution < -0.4 is 10.9 Å². The van der Waals surface area contributed by atoms with Gasteiger partial charge in [0.05, 0.1) is 6.33 Å². The van der Waals surface area contributed by atoms with E-state index in [2.05, 4.69) is 46.2 Å². The Morgan fingerprint density at radius 3 is 2.47 bits per heavy atom. The first kappa shape index (κ1) is 19.0. The second-order valence-electron chi connectivity index (χ2n) is 8.21. The minimum Gasteiger partial charge on any atom is -0.339 e. The van der Waals surface area contributed by atoms with Gasteiger partial charge in [0.25, 0.3) is 5.91 Å². The highest BCUT2D eigenvalue weighted by Crippen LogP contribution is 2.32. The van der Waals surface area contributed by atoms with Crippen molar-refractivity contribution in [3.05, 3.63) is 84.4 Å². The molecular weight excluding hydrogens is 374 g/mol. The van der Waals surface area contributed by atoms with Gasteiger partial charge in [-0.05, 0) is 48.6 Å². The van der Waals surface area contributed by atoms with Crippen LogP contribution in [0.1, 0.15) is 34.7 Å². The molecule has 3 heterocycles. The lowest BCUT2D eigenvalue weighted by atomic mass is 9.80. The topological polar surface area (TPSA) is 62.2 Å². The zero-order chi connectivity index (χ0) is 20.3. The van der Waals surface area contributed by atoms with Gasteiger partial charge < -0.3 is 9.47 Å². The van der Waals surface area contributed by atoms with Crippen LogP contribution in [0.25, 0.3) is 5.69 Å². The molecule has 0 bridgehead atoms. The van der Waals surface area contributed by atoms with Crippen molar-refractivity contribution >= 4 is 5.91 Å². The molecule has 0 aliphatic carbocycles. The monoisotopic (exact) mass is 401 g/mol. The molecule has 2 atom stereocenters. The van der Waals surface area contributed by atoms with E-state index >= 15 is 0 Å². The highest BCUT2D eigenvalue weighted by molar-refractivity contribution is 5.94. The van der Waals surface area contributed by atoms with Gasteiger partial charge in [0, 0.05) is 55.2 Å². The molecule has 1 aromatic heterocycles. The molecule has 2 aliphatic heterocycles. The number of nitrogens with zero attached hydrogens (tertiary/aromatic N) is 3. The molecule has 154 valence electrons. The zero-order valence-corrected chi connectivity index (χ0v) is 16.9. The van der Waals surface area contributed by atoms with Crippen molar-refractivity contribution in [1.29, 1.82) is 0 Å². The lowest BCUT2D eigenvalue weighted by Crippen LogP contribution is -2.45. The normalized spacial score (nSPS) is 22.3. The van der Waals surface area contributed by atoms with Crippen LogP contribution in [0, 0.1) is 5.92 Å². The van der Waals surface area contributed by atoms with E-state index in [0.29, 0.717) is 17.9 Å². The van der Waals surface area contributed by atoms with E-state index in [4.69, 9.17) is 0 Å². The Kier molecular flexibility index (Phi) is 5.34. The lowest BCUT2D eigenvalue weighted by Gasteiger charge is -2.36. The highest BCUT2D eigenvalue weighted by atomic mass is 16.2. The molecule has 6 heteroatoms. The Bertz CT molecular complexity index is 963. The Labute approximate surface area is 176 Å². The summed E-state index contributed by atoms with van der Waals surface area (Å²) in [6.45, 7) is 2.58. The van der Waals surface area contributed by atoms with Crippen LogP contribution in [0.3, 0.4) is 0 Å². The average molecular weight is 402 g/mol. The van der Waals surface area contributed by atoms with Crippen molar-refractivity contribution in [3.63, 3.8) is 0 Å². The van der Waals surface area contributed by atoms with E-state index in [1.165, 1.54) is 5.56 Å². The number of carbonyl (C=O) groups excluding carboxylic acids is 1. The number of rotatable bonds is 4. The van der Waals surface area contributed by atoms with Crippen LogP contribution in [0.2, 0.25) is 0 Å². The minimum absolute atomic E-state index is 0.128. The van der Waals surface area contributed by atoms with E-state index in [1.807, 2.05) is 39.9 Å². The van der Waals surface area contributed by atoms with Crippen LogP contribution in [0.15, 0.2) is 73.3 Å². The van der Waals surface area contributed by atoms with Crippen molar-refractivity contribution in [2.45, 2.75) is 24.8 Å². The Hall–Kier alpha value is -2.96. The van der Waals surface area contributed by atoms with Crippen LogP contribution in [0.4, 0.5) is 0 Å². The number of benzene rings is 2. The number of likely N-dealkylation sites (tertiary alicyclic amines) is 1. The van der Waals surface area contributed by atoms with Crippen molar-refractivity contribution < 1.29 is 4.79 Å². The van der Waals surface area contributed by atoms with Crippen molar-refractivity contribution in [2.75, 3.05) is 19.6 Å². The molecule has 1 amide bonds. The molecule has 0 spiro atoms. The minimum atomic E-state index is 0.128. The second-order valence-corrected chi connectivity index (χ2v) is 8.21. The van der Waals surface area contributed by atoms with Crippen LogP contribution in [-0.2, 0) is 0 Å². The molecule has 2 fully saturated rings. The Morgan fingerprint density at radius 2 is 1.77 bits per heavy atom. The zero-order valence-electron chi connectivity index (χ0n) is 16.9. The third-order valence-electron chi connectivity index (χ3n) is 6.50. The van der Waals surface area contributed by atoms with Crippen molar-refractivity contribution in [1.82, 2.24) is 25.3 Å². The molecule has 2 unspecified atom stereocenters. The van der Waals surface area contributed by atoms with Crippen LogP contribution in [-0.4, -0.2) is 46.0 Å². The van der Waals surface area contributed by atoms with Gasteiger partial charge >= 0.3 is 0 Å². The van der Waals surface area contributed by atoms with E-state index < -0.39 is 0 Å². The molecule has 2 aromatic carbocycles. The summed E-state index contributed by atoms with van der Waals surface area (Å²) in [5.74, 6) is 1.18. The SMILES string of the molecule is O=C(c1ccc(-n2ccnc2)cc1)N1CCC(C2NNCC2c2ccccc2)CC1. The third kappa shape index (κ3) is 3.76. The molecule has 6 nitrogen and oxygen atoms in total. The van der Waals surface area contributed by atoms with Gasteiger partial charge in [-0.2, -0.15) is 0 Å². The largest absolute Gasteiger partial charge is 0.339 e. The third-order valence-corrected chi connectivity index (χ3v) is 6.50. The first-order valence-corrected chi connectivity index (χ1v) is 10.7. The van der Waals surface area contributed by atoms with Crippen LogP contribution >= 0.6 is 0 Å². The number of imidazole rings is 1. The van der Waals surface area contributed by atoms with Gasteiger partial charge in [-0.1, -0.05) is 30.3 Å². The molecule has 0 saturated carbocycles. The maximum Gasteiger partial charge on any atom is 0.253 e. The number of nitrogens with one attached hydrogen (secondary N) is 2. The van der Waals surface area contributed by atoms with E-state index in [0.717, 1.165) is 43.7 Å². The Balaban J connectivity index is 1.21. The lowest BCUT2D eigenvalue weighted by molar-refractivity contribution is 0.0670. The molecule has 30 heavy (non-hydrogen) atoms. The molecule has 2 saturated heterocycles. The van der Waals surface area contributed by atoms with Gasteiger partial charge in [-0.25, -0.2) is 4.98 Å². The van der Waals surface area contributed by atoms with Gasteiger partial charge in [0.1, 0.15) is 0 Å². The van der Waals surface area contributed by atoms with E-state index in [-0.39, 0.29) is 5.91 Å². The summed E-state index contributed by atoms with van der Waals surface area (Å²) >= 11 is 0. The fraction of sp³-hybridized carbons (Fsp3) is 0.333.